The average Bonchev–Trinajstić information content (AvgIpc) is 3.21. The average molecular weight is 410 g/mol. The van der Waals surface area contributed by atoms with Crippen molar-refractivity contribution in [3.63, 3.8) is 0 Å². The van der Waals surface area contributed by atoms with Gasteiger partial charge < -0.3 is 29.4 Å². The van der Waals surface area contributed by atoms with Gasteiger partial charge in [0.2, 0.25) is 0 Å². The highest BCUT2D eigenvalue weighted by Gasteiger charge is 2.26. The van der Waals surface area contributed by atoms with Crippen LogP contribution in [0.25, 0.3) is 0 Å². The summed E-state index contributed by atoms with van der Waals surface area (Å²) in [4.78, 5) is 28.8. The molecule has 1 aliphatic rings. The van der Waals surface area contributed by atoms with Crippen LogP contribution in [0.2, 0.25) is 0 Å². The maximum Gasteiger partial charge on any atom is 0.257 e. The molecule has 2 amide bonds. The molecule has 2 aromatic rings. The van der Waals surface area contributed by atoms with Crippen LogP contribution < -0.4 is 15.2 Å². The number of methoxy groups -OCH3 is 2. The van der Waals surface area contributed by atoms with E-state index in [1.807, 2.05) is 0 Å². The first kappa shape index (κ1) is 21.6. The Morgan fingerprint density at radius 3 is 1.86 bits per heavy atom. The number of carbonyl (C=O) groups is 2. The van der Waals surface area contributed by atoms with Crippen LogP contribution in [0.3, 0.4) is 0 Å². The monoisotopic (exact) mass is 409 g/mol. The lowest BCUT2D eigenvalue weighted by Gasteiger charge is -2.34. The van der Waals surface area contributed by atoms with E-state index in [0.717, 1.165) is 0 Å². The third kappa shape index (κ3) is 4.58. The Kier molecular flexibility index (Phi) is 7.31. The van der Waals surface area contributed by atoms with Crippen LogP contribution in [0.1, 0.15) is 26.5 Å². The van der Waals surface area contributed by atoms with Crippen molar-refractivity contribution in [2.24, 2.45) is 5.73 Å². The molecule has 152 valence electrons. The van der Waals surface area contributed by atoms with E-state index in [1.165, 1.54) is 6.26 Å². The summed E-state index contributed by atoms with van der Waals surface area (Å²) in [6.07, 6.45) is 1.42. The number of ether oxygens (including phenoxy) is 2. The van der Waals surface area contributed by atoms with Crippen LogP contribution in [0.15, 0.2) is 34.9 Å². The summed E-state index contributed by atoms with van der Waals surface area (Å²) in [5.41, 5.74) is 6.48. The highest BCUT2D eigenvalue weighted by molar-refractivity contribution is 5.96. The van der Waals surface area contributed by atoms with E-state index in [0.29, 0.717) is 54.6 Å². The highest BCUT2D eigenvalue weighted by atomic mass is 35.5. The minimum absolute atomic E-state index is 0. The fourth-order valence-electron chi connectivity index (χ4n) is 3.01. The Hall–Kier alpha value is -2.71. The van der Waals surface area contributed by atoms with Gasteiger partial charge >= 0.3 is 0 Å². The fraction of sp³-hybridized carbons (Fsp3) is 0.368. The lowest BCUT2D eigenvalue weighted by atomic mass is 10.1. The predicted molar refractivity (Wildman–Crippen MR) is 105 cm³/mol. The normalized spacial score (nSPS) is 13.7. The molecule has 28 heavy (non-hydrogen) atoms. The SMILES string of the molecule is COc1cc(OC)cc(C(=O)N2CCN(C(=O)c3coc(CN)c3)CC2)c1.Cl. The fourth-order valence-corrected chi connectivity index (χ4v) is 3.01. The number of hydrogen-bond acceptors (Lipinski definition) is 6. The molecule has 0 spiro atoms. The van der Waals surface area contributed by atoms with E-state index >= 15 is 0 Å². The second kappa shape index (κ2) is 9.48. The molecule has 0 bridgehead atoms. The van der Waals surface area contributed by atoms with Gasteiger partial charge in [0.15, 0.2) is 0 Å². The van der Waals surface area contributed by atoms with Gasteiger partial charge in [0.25, 0.3) is 11.8 Å². The van der Waals surface area contributed by atoms with Crippen LogP contribution in [0, 0.1) is 0 Å². The number of rotatable bonds is 5. The number of amides is 2. The summed E-state index contributed by atoms with van der Waals surface area (Å²) in [6, 6.07) is 6.74. The van der Waals surface area contributed by atoms with E-state index in [1.54, 1.807) is 48.3 Å². The van der Waals surface area contributed by atoms with E-state index < -0.39 is 0 Å². The van der Waals surface area contributed by atoms with Crippen molar-refractivity contribution < 1.29 is 23.5 Å². The molecule has 1 saturated heterocycles. The van der Waals surface area contributed by atoms with Crippen LogP contribution in [-0.4, -0.2) is 62.0 Å². The molecule has 0 radical (unpaired) electrons. The van der Waals surface area contributed by atoms with E-state index in [4.69, 9.17) is 19.6 Å². The molecule has 2 N–H and O–H groups in total. The molecule has 0 unspecified atom stereocenters. The summed E-state index contributed by atoms with van der Waals surface area (Å²) < 4.78 is 15.7. The number of benzene rings is 1. The Labute approximate surface area is 169 Å². The molecule has 9 heteroatoms. The third-order valence-corrected chi connectivity index (χ3v) is 4.55. The Balaban J connectivity index is 0.00000280. The topological polar surface area (TPSA) is 98.2 Å². The summed E-state index contributed by atoms with van der Waals surface area (Å²) >= 11 is 0. The lowest BCUT2D eigenvalue weighted by Crippen LogP contribution is -2.50. The number of nitrogens with zero attached hydrogens (tertiary/aromatic N) is 2. The van der Waals surface area contributed by atoms with Crippen molar-refractivity contribution in [3.8, 4) is 11.5 Å². The minimum atomic E-state index is -0.118. The molecule has 3 rings (SSSR count). The van der Waals surface area contributed by atoms with Crippen LogP contribution in [-0.2, 0) is 6.54 Å². The lowest BCUT2D eigenvalue weighted by molar-refractivity contribution is 0.0534. The zero-order chi connectivity index (χ0) is 19.4. The molecule has 1 aromatic carbocycles. The number of carbonyl (C=O) groups excluding carboxylic acids is 2. The van der Waals surface area contributed by atoms with Crippen molar-refractivity contribution in [2.45, 2.75) is 6.54 Å². The first-order valence-corrected chi connectivity index (χ1v) is 8.64. The van der Waals surface area contributed by atoms with Gasteiger partial charge in [0, 0.05) is 37.8 Å². The zero-order valence-electron chi connectivity index (χ0n) is 15.8. The molecule has 1 fully saturated rings. The van der Waals surface area contributed by atoms with Crippen molar-refractivity contribution in [1.82, 2.24) is 9.80 Å². The van der Waals surface area contributed by atoms with Gasteiger partial charge in [-0.15, -0.1) is 12.4 Å². The highest BCUT2D eigenvalue weighted by Crippen LogP contribution is 2.24. The molecule has 0 aliphatic carbocycles. The first-order valence-electron chi connectivity index (χ1n) is 8.64. The van der Waals surface area contributed by atoms with Gasteiger partial charge in [-0.05, 0) is 18.2 Å². The third-order valence-electron chi connectivity index (χ3n) is 4.55. The molecule has 2 heterocycles. The standard InChI is InChI=1S/C19H23N3O5.ClH/c1-25-15-7-13(8-16(10-15)26-2)18(23)21-3-5-22(6-4-21)19(24)14-9-17(11-20)27-12-14;/h7-10,12H,3-6,11,20H2,1-2H3;1H. The summed E-state index contributed by atoms with van der Waals surface area (Å²) in [5.74, 6) is 1.45. The molecule has 0 atom stereocenters. The molecule has 1 aromatic heterocycles. The van der Waals surface area contributed by atoms with Gasteiger partial charge in [-0.25, -0.2) is 0 Å². The van der Waals surface area contributed by atoms with E-state index in [9.17, 15) is 9.59 Å². The van der Waals surface area contributed by atoms with Crippen LogP contribution in [0.4, 0.5) is 0 Å². The summed E-state index contributed by atoms with van der Waals surface area (Å²) in [6.45, 7) is 2.06. The van der Waals surface area contributed by atoms with E-state index in [-0.39, 0.29) is 30.8 Å². The number of nitrogens with two attached hydrogens (primary N) is 1. The van der Waals surface area contributed by atoms with Crippen molar-refractivity contribution in [3.05, 3.63) is 47.4 Å². The molecule has 0 saturated carbocycles. The van der Waals surface area contributed by atoms with Gasteiger partial charge in [0.05, 0.1) is 26.3 Å². The molecular weight excluding hydrogens is 386 g/mol. The molecular formula is C19H24ClN3O5. The smallest absolute Gasteiger partial charge is 0.257 e. The second-order valence-electron chi connectivity index (χ2n) is 6.19. The Morgan fingerprint density at radius 2 is 1.43 bits per heavy atom. The zero-order valence-corrected chi connectivity index (χ0v) is 16.7. The van der Waals surface area contributed by atoms with Gasteiger partial charge in [-0.1, -0.05) is 0 Å². The maximum atomic E-state index is 12.8. The number of halogens is 1. The number of piperazine rings is 1. The number of furan rings is 1. The van der Waals surface area contributed by atoms with Crippen LogP contribution in [0.5, 0.6) is 11.5 Å². The predicted octanol–water partition coefficient (Wildman–Crippen LogP) is 1.78. The van der Waals surface area contributed by atoms with Crippen molar-refractivity contribution >= 4 is 24.2 Å². The van der Waals surface area contributed by atoms with Gasteiger partial charge in [-0.3, -0.25) is 9.59 Å². The maximum absolute atomic E-state index is 12.8. The van der Waals surface area contributed by atoms with Crippen molar-refractivity contribution in [1.29, 1.82) is 0 Å². The largest absolute Gasteiger partial charge is 0.497 e. The first-order chi connectivity index (χ1) is 13.0. The Bertz CT molecular complexity index is 808. The molecule has 1 aliphatic heterocycles. The summed E-state index contributed by atoms with van der Waals surface area (Å²) in [7, 11) is 3.08. The van der Waals surface area contributed by atoms with Crippen LogP contribution >= 0.6 is 12.4 Å². The molecule has 8 nitrogen and oxygen atoms in total. The quantitative estimate of drug-likeness (QED) is 0.808. The van der Waals surface area contributed by atoms with E-state index in [2.05, 4.69) is 0 Å². The Morgan fingerprint density at radius 1 is 0.929 bits per heavy atom. The second-order valence-corrected chi connectivity index (χ2v) is 6.19. The number of hydrogen-bond donors (Lipinski definition) is 1. The summed E-state index contributed by atoms with van der Waals surface area (Å²) in [5, 5.41) is 0. The van der Waals surface area contributed by atoms with Crippen molar-refractivity contribution in [2.75, 3.05) is 40.4 Å². The van der Waals surface area contributed by atoms with Gasteiger partial charge in [-0.2, -0.15) is 0 Å². The minimum Gasteiger partial charge on any atom is -0.497 e. The van der Waals surface area contributed by atoms with Gasteiger partial charge in [0.1, 0.15) is 23.5 Å².